The molecule has 2 aliphatic rings. The van der Waals surface area contributed by atoms with Crippen LogP contribution >= 0.6 is 22.6 Å². The first-order valence-electron chi connectivity index (χ1n) is 10.3. The van der Waals surface area contributed by atoms with E-state index >= 15 is 0 Å². The van der Waals surface area contributed by atoms with Crippen LogP contribution in [0.25, 0.3) is 5.69 Å². The molecule has 3 unspecified atom stereocenters. The molecule has 1 saturated carbocycles. The molecule has 3 atom stereocenters. The van der Waals surface area contributed by atoms with Crippen LogP contribution in [0.3, 0.4) is 0 Å². The number of ether oxygens (including phenoxy) is 1. The van der Waals surface area contributed by atoms with Gasteiger partial charge >= 0.3 is 0 Å². The number of carbonyl (C=O) groups is 1. The van der Waals surface area contributed by atoms with Crippen LogP contribution in [-0.4, -0.2) is 53.4 Å². The summed E-state index contributed by atoms with van der Waals surface area (Å²) < 4.78 is 34.0. The Hall–Kier alpha value is -2.63. The summed E-state index contributed by atoms with van der Waals surface area (Å²) in [6.07, 6.45) is 6.75. The average Bonchev–Trinajstić information content (AvgIpc) is 3.31. The largest absolute Gasteiger partial charge is 0.475 e. The number of hydrogen-bond acceptors (Lipinski definition) is 5. The van der Waals surface area contributed by atoms with E-state index in [0.29, 0.717) is 23.0 Å². The fourth-order valence-electron chi connectivity index (χ4n) is 4.93. The first-order chi connectivity index (χ1) is 15.5. The van der Waals surface area contributed by atoms with E-state index in [9.17, 15) is 13.6 Å². The van der Waals surface area contributed by atoms with Gasteiger partial charge < -0.3 is 9.64 Å². The van der Waals surface area contributed by atoms with Gasteiger partial charge in [-0.2, -0.15) is 15.0 Å². The van der Waals surface area contributed by atoms with Crippen molar-refractivity contribution >= 4 is 28.5 Å². The number of aromatic nitrogens is 4. The normalized spacial score (nSPS) is 23.8. The summed E-state index contributed by atoms with van der Waals surface area (Å²) in [5, 5.41) is 8.16. The van der Waals surface area contributed by atoms with Gasteiger partial charge in [-0.15, -0.1) is 0 Å². The molecule has 0 bridgehead atoms. The molecule has 2 fully saturated rings. The summed E-state index contributed by atoms with van der Waals surface area (Å²) in [4.78, 5) is 20.9. The summed E-state index contributed by atoms with van der Waals surface area (Å²) in [6, 6.07) is 6.89. The third-order valence-corrected chi connectivity index (χ3v) is 7.10. The fraction of sp³-hybridized carbons (Fsp3) is 0.364. The van der Waals surface area contributed by atoms with E-state index in [1.54, 1.807) is 0 Å². The zero-order chi connectivity index (χ0) is 22.3. The molecule has 0 radical (unpaired) electrons. The van der Waals surface area contributed by atoms with Gasteiger partial charge in [0, 0.05) is 28.5 Å². The zero-order valence-corrected chi connectivity index (χ0v) is 19.2. The minimum absolute atomic E-state index is 0.0846. The maximum absolute atomic E-state index is 14.0. The smallest absolute Gasteiger partial charge is 0.256 e. The molecule has 32 heavy (non-hydrogen) atoms. The lowest BCUT2D eigenvalue weighted by Crippen LogP contribution is -2.81. The zero-order valence-electron chi connectivity index (χ0n) is 17.0. The number of fused-ring (bicyclic) bond motifs is 1. The first-order valence-corrected chi connectivity index (χ1v) is 11.9. The molecule has 7 nitrogen and oxygen atoms in total. The SMILES string of the molecule is O=C(c1ccc(F)cc1-n1nccn1)N1C(CCI)C2CCC21COc1ccc(F)cn1. The molecule has 1 saturated heterocycles. The number of rotatable bonds is 7. The molecule has 0 spiro atoms. The van der Waals surface area contributed by atoms with Crippen molar-refractivity contribution in [2.45, 2.75) is 30.8 Å². The second-order valence-electron chi connectivity index (χ2n) is 8.05. The fourth-order valence-corrected chi connectivity index (χ4v) is 5.57. The van der Waals surface area contributed by atoms with E-state index in [4.69, 9.17) is 4.74 Å². The number of likely N-dealkylation sites (tertiary alicyclic amines) is 1. The predicted octanol–water partition coefficient (Wildman–Crippen LogP) is 3.82. The van der Waals surface area contributed by atoms with E-state index in [-0.39, 0.29) is 18.6 Å². The Labute approximate surface area is 196 Å². The number of halogens is 3. The van der Waals surface area contributed by atoms with Gasteiger partial charge in [-0.3, -0.25) is 4.79 Å². The van der Waals surface area contributed by atoms with E-state index in [1.807, 2.05) is 4.90 Å². The molecule has 0 N–H and O–H groups in total. The molecule has 3 aromatic rings. The molecule has 1 amide bonds. The Morgan fingerprint density at radius 2 is 1.97 bits per heavy atom. The van der Waals surface area contributed by atoms with E-state index in [0.717, 1.165) is 29.9 Å². The maximum atomic E-state index is 14.0. The van der Waals surface area contributed by atoms with Crippen LogP contribution in [0.4, 0.5) is 8.78 Å². The number of alkyl halides is 1. The highest BCUT2D eigenvalue weighted by Crippen LogP contribution is 2.58. The maximum Gasteiger partial charge on any atom is 0.256 e. The number of benzene rings is 1. The Balaban J connectivity index is 1.46. The minimum Gasteiger partial charge on any atom is -0.475 e. The highest BCUT2D eigenvalue weighted by atomic mass is 127. The Morgan fingerprint density at radius 3 is 2.62 bits per heavy atom. The lowest BCUT2D eigenvalue weighted by molar-refractivity contribution is -0.190. The predicted molar refractivity (Wildman–Crippen MR) is 120 cm³/mol. The van der Waals surface area contributed by atoms with Crippen molar-refractivity contribution < 1.29 is 18.3 Å². The monoisotopic (exact) mass is 551 g/mol. The molecular formula is C22H20F2IN5O2. The van der Waals surface area contributed by atoms with Gasteiger partial charge in [0.2, 0.25) is 5.88 Å². The number of carbonyl (C=O) groups excluding carboxylic acids is 1. The van der Waals surface area contributed by atoms with Gasteiger partial charge in [-0.25, -0.2) is 13.8 Å². The number of hydrogen-bond donors (Lipinski definition) is 0. The summed E-state index contributed by atoms with van der Waals surface area (Å²) in [7, 11) is 0. The lowest BCUT2D eigenvalue weighted by atomic mass is 9.54. The molecular weight excluding hydrogens is 531 g/mol. The molecule has 3 heterocycles. The third kappa shape index (κ3) is 3.44. The van der Waals surface area contributed by atoms with E-state index < -0.39 is 17.2 Å². The Bertz CT molecular complexity index is 1130. The Morgan fingerprint density at radius 1 is 1.19 bits per heavy atom. The highest BCUT2D eigenvalue weighted by molar-refractivity contribution is 14.1. The van der Waals surface area contributed by atoms with E-state index in [1.165, 1.54) is 47.5 Å². The van der Waals surface area contributed by atoms with Gasteiger partial charge in [0.15, 0.2) is 0 Å². The van der Waals surface area contributed by atoms with Crippen molar-refractivity contribution in [1.82, 2.24) is 24.9 Å². The Kier molecular flexibility index (Phi) is 5.56. The molecule has 2 aromatic heterocycles. The second kappa shape index (κ2) is 8.38. The topological polar surface area (TPSA) is 73.1 Å². The molecule has 1 aromatic carbocycles. The summed E-state index contributed by atoms with van der Waals surface area (Å²) in [6.45, 7) is 0.274. The van der Waals surface area contributed by atoms with Crippen LogP contribution in [0.1, 0.15) is 29.6 Å². The van der Waals surface area contributed by atoms with Crippen LogP contribution in [0.5, 0.6) is 5.88 Å². The quantitative estimate of drug-likeness (QED) is 0.330. The summed E-state index contributed by atoms with van der Waals surface area (Å²) in [5.41, 5.74) is 0.185. The van der Waals surface area contributed by atoms with Crippen molar-refractivity contribution in [3.05, 3.63) is 66.1 Å². The molecule has 5 rings (SSSR count). The highest BCUT2D eigenvalue weighted by Gasteiger charge is 2.67. The first kappa shape index (κ1) is 21.2. The van der Waals surface area contributed by atoms with Crippen molar-refractivity contribution in [2.24, 2.45) is 5.92 Å². The molecule has 166 valence electrons. The number of nitrogens with zero attached hydrogens (tertiary/aromatic N) is 5. The van der Waals surface area contributed by atoms with Crippen molar-refractivity contribution in [3.8, 4) is 11.6 Å². The van der Waals surface area contributed by atoms with Crippen LogP contribution in [0.2, 0.25) is 0 Å². The number of pyridine rings is 1. The second-order valence-corrected chi connectivity index (χ2v) is 9.13. The minimum atomic E-state index is -0.469. The molecule has 10 heteroatoms. The van der Waals surface area contributed by atoms with Crippen LogP contribution in [0, 0.1) is 17.6 Å². The van der Waals surface area contributed by atoms with Crippen molar-refractivity contribution in [3.63, 3.8) is 0 Å². The van der Waals surface area contributed by atoms with Crippen molar-refractivity contribution in [2.75, 3.05) is 11.0 Å². The van der Waals surface area contributed by atoms with Gasteiger partial charge in [-0.1, -0.05) is 22.6 Å². The van der Waals surface area contributed by atoms with E-state index in [2.05, 4.69) is 37.8 Å². The molecule has 1 aliphatic carbocycles. The standard InChI is InChI=1S/C22H20F2IN5O2/c23-14-1-3-16(19(11-14)30-27-9-10-28-30)21(31)29-18(6-8-25)17-5-7-22(17,29)13-32-20-4-2-15(24)12-26-20/h1-4,9-12,17-18H,5-8,13H2. The van der Waals surface area contributed by atoms with Crippen LogP contribution in [0.15, 0.2) is 48.9 Å². The van der Waals surface area contributed by atoms with Gasteiger partial charge in [0.25, 0.3) is 5.91 Å². The lowest BCUT2D eigenvalue weighted by Gasteiger charge is -2.70. The van der Waals surface area contributed by atoms with Gasteiger partial charge in [-0.05, 0) is 37.5 Å². The summed E-state index contributed by atoms with van der Waals surface area (Å²) >= 11 is 2.32. The summed E-state index contributed by atoms with van der Waals surface area (Å²) in [5.74, 6) is -0.453. The van der Waals surface area contributed by atoms with Crippen LogP contribution < -0.4 is 4.74 Å². The number of piperidine rings is 1. The third-order valence-electron chi connectivity index (χ3n) is 6.47. The van der Waals surface area contributed by atoms with Gasteiger partial charge in [0.1, 0.15) is 23.9 Å². The number of amides is 1. The van der Waals surface area contributed by atoms with Crippen LogP contribution in [-0.2, 0) is 0 Å². The van der Waals surface area contributed by atoms with Gasteiger partial charge in [0.05, 0.1) is 29.7 Å². The van der Waals surface area contributed by atoms with Crippen molar-refractivity contribution in [1.29, 1.82) is 0 Å². The average molecular weight is 551 g/mol. The molecule has 1 aliphatic heterocycles.